The maximum Gasteiger partial charge on any atom is 0.251 e. The molecule has 128 valence electrons. The van der Waals surface area contributed by atoms with E-state index in [2.05, 4.69) is 9.97 Å². The van der Waals surface area contributed by atoms with Crippen LogP contribution in [0.25, 0.3) is 0 Å². The molecule has 0 spiro atoms. The van der Waals surface area contributed by atoms with E-state index in [1.54, 1.807) is 25.3 Å². The summed E-state index contributed by atoms with van der Waals surface area (Å²) in [5, 5.41) is 0.451. The van der Waals surface area contributed by atoms with Crippen LogP contribution in [-0.2, 0) is 6.42 Å². The zero-order chi connectivity index (χ0) is 17.5. The maximum atomic E-state index is 12.4. The molecule has 0 fully saturated rings. The van der Waals surface area contributed by atoms with E-state index in [1.807, 2.05) is 6.92 Å². The highest BCUT2D eigenvalue weighted by Gasteiger charge is 2.14. The van der Waals surface area contributed by atoms with Gasteiger partial charge in [0.15, 0.2) is 10.9 Å². The lowest BCUT2D eigenvalue weighted by atomic mass is 10.1. The van der Waals surface area contributed by atoms with Crippen LogP contribution in [0.4, 0.5) is 0 Å². The second kappa shape index (κ2) is 8.54. The highest BCUT2D eigenvalue weighted by atomic mass is 32.2. The van der Waals surface area contributed by atoms with Crippen LogP contribution in [-0.4, -0.2) is 35.7 Å². The van der Waals surface area contributed by atoms with Crippen molar-refractivity contribution in [3.8, 4) is 11.5 Å². The van der Waals surface area contributed by atoms with E-state index in [9.17, 15) is 9.59 Å². The van der Waals surface area contributed by atoms with E-state index >= 15 is 0 Å². The second-order valence-electron chi connectivity index (χ2n) is 5.07. The van der Waals surface area contributed by atoms with Crippen LogP contribution in [0.15, 0.2) is 34.2 Å². The van der Waals surface area contributed by atoms with Crippen molar-refractivity contribution in [3.05, 3.63) is 45.9 Å². The van der Waals surface area contributed by atoms with Gasteiger partial charge in [0.2, 0.25) is 0 Å². The Morgan fingerprint density at radius 1 is 1.25 bits per heavy atom. The van der Waals surface area contributed by atoms with E-state index in [-0.39, 0.29) is 17.1 Å². The van der Waals surface area contributed by atoms with Crippen LogP contribution in [0.3, 0.4) is 0 Å². The molecule has 1 heterocycles. The van der Waals surface area contributed by atoms with E-state index in [1.165, 1.54) is 24.9 Å². The van der Waals surface area contributed by atoms with Gasteiger partial charge in [0.1, 0.15) is 11.5 Å². The molecule has 0 aliphatic heterocycles. The van der Waals surface area contributed by atoms with E-state index in [0.717, 1.165) is 18.5 Å². The van der Waals surface area contributed by atoms with E-state index < -0.39 is 0 Å². The van der Waals surface area contributed by atoms with E-state index in [0.29, 0.717) is 22.2 Å². The summed E-state index contributed by atoms with van der Waals surface area (Å²) in [5.41, 5.74) is 1.00. The molecule has 0 atom stereocenters. The minimum Gasteiger partial charge on any atom is -0.497 e. The number of carbonyl (C=O) groups excluding carboxylic acids is 1. The quantitative estimate of drug-likeness (QED) is 0.449. The number of aryl methyl sites for hydroxylation is 1. The first-order valence-electron chi connectivity index (χ1n) is 7.55. The molecule has 0 aliphatic carbocycles. The Balaban J connectivity index is 2.12. The van der Waals surface area contributed by atoms with Gasteiger partial charge in [-0.25, -0.2) is 4.98 Å². The highest BCUT2D eigenvalue weighted by Crippen LogP contribution is 2.26. The smallest absolute Gasteiger partial charge is 0.251 e. The summed E-state index contributed by atoms with van der Waals surface area (Å²) >= 11 is 1.20. The van der Waals surface area contributed by atoms with Gasteiger partial charge >= 0.3 is 0 Å². The number of aromatic amines is 1. The number of H-pyrrole nitrogens is 1. The number of methoxy groups -OCH3 is 2. The monoisotopic (exact) mass is 348 g/mol. The van der Waals surface area contributed by atoms with Crippen molar-refractivity contribution >= 4 is 17.5 Å². The molecule has 1 aromatic carbocycles. The van der Waals surface area contributed by atoms with Crippen molar-refractivity contribution < 1.29 is 14.3 Å². The number of nitrogens with one attached hydrogen (secondary N) is 1. The van der Waals surface area contributed by atoms with E-state index in [4.69, 9.17) is 9.47 Å². The van der Waals surface area contributed by atoms with Crippen LogP contribution >= 0.6 is 11.8 Å². The molecule has 1 aromatic heterocycles. The third kappa shape index (κ3) is 4.61. The van der Waals surface area contributed by atoms with Gasteiger partial charge in [-0.05, 0) is 18.6 Å². The lowest BCUT2D eigenvalue weighted by Crippen LogP contribution is -2.11. The third-order valence-corrected chi connectivity index (χ3v) is 4.20. The Hall–Kier alpha value is -2.28. The summed E-state index contributed by atoms with van der Waals surface area (Å²) in [5.74, 6) is 1.12. The molecule has 0 aliphatic rings. The zero-order valence-electron chi connectivity index (χ0n) is 13.9. The van der Waals surface area contributed by atoms with Gasteiger partial charge in [0, 0.05) is 17.8 Å². The molecule has 6 nitrogen and oxygen atoms in total. The molecule has 0 saturated carbocycles. The molecule has 0 radical (unpaired) electrons. The first-order chi connectivity index (χ1) is 11.6. The van der Waals surface area contributed by atoms with Crippen molar-refractivity contribution in [1.29, 1.82) is 0 Å². The fraction of sp³-hybridized carbons (Fsp3) is 0.353. The average molecular weight is 348 g/mol. The maximum absolute atomic E-state index is 12.4. The molecule has 24 heavy (non-hydrogen) atoms. The van der Waals surface area contributed by atoms with Crippen molar-refractivity contribution in [2.75, 3.05) is 20.0 Å². The molecular weight excluding hydrogens is 328 g/mol. The lowest BCUT2D eigenvalue weighted by molar-refractivity contribution is 0.101. The largest absolute Gasteiger partial charge is 0.497 e. The van der Waals surface area contributed by atoms with Gasteiger partial charge in [-0.2, -0.15) is 0 Å². The first kappa shape index (κ1) is 18.1. The Morgan fingerprint density at radius 3 is 2.71 bits per heavy atom. The molecule has 1 N–H and O–H groups in total. The number of hydrogen-bond acceptors (Lipinski definition) is 6. The lowest BCUT2D eigenvalue weighted by Gasteiger charge is -2.09. The van der Waals surface area contributed by atoms with Crippen LogP contribution in [0, 0.1) is 0 Å². The number of nitrogens with zero attached hydrogens (tertiary/aromatic N) is 1. The van der Waals surface area contributed by atoms with Crippen LogP contribution in [0.2, 0.25) is 0 Å². The third-order valence-electron chi connectivity index (χ3n) is 3.33. The molecule has 7 heteroatoms. The van der Waals surface area contributed by atoms with Crippen molar-refractivity contribution in [2.24, 2.45) is 0 Å². The Labute approximate surface area is 144 Å². The predicted molar refractivity (Wildman–Crippen MR) is 93.5 cm³/mol. The molecule has 2 rings (SSSR count). The molecular formula is C17H20N2O4S. The van der Waals surface area contributed by atoms with Crippen molar-refractivity contribution in [2.45, 2.75) is 24.9 Å². The summed E-state index contributed by atoms with van der Waals surface area (Å²) in [6.45, 7) is 2.02. The fourth-order valence-electron chi connectivity index (χ4n) is 2.18. The predicted octanol–water partition coefficient (Wildman–Crippen LogP) is 2.71. The van der Waals surface area contributed by atoms with Gasteiger partial charge in [-0.3, -0.25) is 9.59 Å². The molecule has 0 bridgehead atoms. The Bertz CT molecular complexity index is 773. The summed E-state index contributed by atoms with van der Waals surface area (Å²) < 4.78 is 10.4. The molecule has 2 aromatic rings. The number of carbonyl (C=O) groups is 1. The minimum absolute atomic E-state index is 0.108. The van der Waals surface area contributed by atoms with Gasteiger partial charge in [-0.15, -0.1) is 0 Å². The Morgan fingerprint density at radius 2 is 2.04 bits per heavy atom. The van der Waals surface area contributed by atoms with Crippen LogP contribution in [0.5, 0.6) is 11.5 Å². The normalized spacial score (nSPS) is 10.5. The van der Waals surface area contributed by atoms with Gasteiger partial charge in [0.25, 0.3) is 5.56 Å². The number of ketones is 1. The number of rotatable bonds is 8. The second-order valence-corrected chi connectivity index (χ2v) is 6.03. The summed E-state index contributed by atoms with van der Waals surface area (Å²) in [6.07, 6.45) is 1.64. The number of thioether (sulfide) groups is 1. The fourth-order valence-corrected chi connectivity index (χ4v) is 2.95. The first-order valence-corrected chi connectivity index (χ1v) is 8.54. The van der Waals surface area contributed by atoms with Gasteiger partial charge in [0.05, 0.1) is 25.5 Å². The van der Waals surface area contributed by atoms with Crippen molar-refractivity contribution in [3.63, 3.8) is 0 Å². The number of hydrogen-bond donors (Lipinski definition) is 1. The summed E-state index contributed by atoms with van der Waals surface area (Å²) in [7, 11) is 3.06. The number of benzene rings is 1. The molecule has 0 amide bonds. The highest BCUT2D eigenvalue weighted by molar-refractivity contribution is 7.99. The topological polar surface area (TPSA) is 81.3 Å². The number of ether oxygens (including phenoxy) is 2. The minimum atomic E-state index is -0.203. The Kier molecular flexibility index (Phi) is 6.43. The van der Waals surface area contributed by atoms with Gasteiger partial charge in [-0.1, -0.05) is 25.1 Å². The van der Waals surface area contributed by atoms with Crippen LogP contribution in [0.1, 0.15) is 29.4 Å². The van der Waals surface area contributed by atoms with Gasteiger partial charge < -0.3 is 14.5 Å². The summed E-state index contributed by atoms with van der Waals surface area (Å²) in [4.78, 5) is 31.1. The van der Waals surface area contributed by atoms with Crippen molar-refractivity contribution in [1.82, 2.24) is 9.97 Å². The number of Topliss-reactive ketones (excluding diaryl/α,β-unsaturated/α-hetero) is 1. The summed E-state index contributed by atoms with van der Waals surface area (Å²) in [6, 6.07) is 6.54. The molecule has 0 unspecified atom stereocenters. The standard InChI is InChI=1S/C17H20N2O4S/c1-4-5-11-8-16(21)19-17(18-11)24-10-14(20)13-7-6-12(22-2)9-15(13)23-3/h6-9H,4-5,10H2,1-3H3,(H,18,19,21). The zero-order valence-corrected chi connectivity index (χ0v) is 14.7. The SMILES string of the molecule is CCCc1cc(=O)[nH]c(SCC(=O)c2ccc(OC)cc2OC)n1. The molecule has 0 saturated heterocycles. The average Bonchev–Trinajstić information content (AvgIpc) is 2.59. The number of aromatic nitrogens is 2. The van der Waals surface area contributed by atoms with Crippen LogP contribution < -0.4 is 15.0 Å².